The van der Waals surface area contributed by atoms with Crippen LogP contribution in [0, 0.1) is 11.8 Å². The molecule has 4 rings (SSSR count). The van der Waals surface area contributed by atoms with Crippen LogP contribution in [0.15, 0.2) is 29.2 Å². The first-order valence-electron chi connectivity index (χ1n) is 14.0. The van der Waals surface area contributed by atoms with E-state index in [2.05, 4.69) is 20.6 Å². The van der Waals surface area contributed by atoms with Crippen molar-refractivity contribution >= 4 is 40.1 Å². The van der Waals surface area contributed by atoms with Gasteiger partial charge in [-0.1, -0.05) is 25.4 Å². The van der Waals surface area contributed by atoms with E-state index < -0.39 is 30.0 Å². The van der Waals surface area contributed by atoms with Crippen LogP contribution in [0.5, 0.6) is 0 Å². The number of rotatable bonds is 12. The predicted molar refractivity (Wildman–Crippen MR) is 156 cm³/mol. The zero-order chi connectivity index (χ0) is 29.9. The Bertz CT molecular complexity index is 1390. The van der Waals surface area contributed by atoms with E-state index in [1.807, 2.05) is 18.2 Å². The molecule has 13 heteroatoms. The first kappa shape index (κ1) is 31.1. The number of nitrogens with zero attached hydrogens (tertiary/aromatic N) is 5. The van der Waals surface area contributed by atoms with Crippen molar-refractivity contribution in [3.63, 3.8) is 0 Å². The average Bonchev–Trinajstić information content (AvgIpc) is 3.16. The molecule has 226 valence electrons. The van der Waals surface area contributed by atoms with Gasteiger partial charge in [-0.15, -0.1) is 0 Å². The fraction of sp³-hybridized carbons (Fsp3) is 0.607. The molecule has 1 aliphatic heterocycles. The van der Waals surface area contributed by atoms with Crippen molar-refractivity contribution in [2.24, 2.45) is 11.8 Å². The van der Waals surface area contributed by atoms with Gasteiger partial charge in [-0.25, -0.2) is 22.9 Å². The Kier molecular flexibility index (Phi) is 9.55. The molecule has 0 amide bonds. The minimum Gasteiger partial charge on any atom is -0.390 e. The summed E-state index contributed by atoms with van der Waals surface area (Å²) >= 11 is 6.42. The summed E-state index contributed by atoms with van der Waals surface area (Å²) in [6, 6.07) is 5.47. The molecular weight excluding hydrogens is 559 g/mol. The maximum atomic E-state index is 14.4. The predicted octanol–water partition coefficient (Wildman–Crippen LogP) is 4.83. The number of halogens is 4. The molecule has 2 atom stereocenters. The number of anilines is 3. The number of aliphatic hydroxyl groups is 1. The third kappa shape index (κ3) is 7.15. The van der Waals surface area contributed by atoms with Crippen molar-refractivity contribution < 1.29 is 18.3 Å². The Morgan fingerprint density at radius 2 is 1.80 bits per heavy atom. The number of hydrogen-bond donors (Lipinski definition) is 3. The number of aryl methyl sites for hydroxylation is 2. The second kappa shape index (κ2) is 12.6. The number of benzene rings is 1. The fourth-order valence-electron chi connectivity index (χ4n) is 5.13. The average molecular weight is 598 g/mol. The first-order valence-corrected chi connectivity index (χ1v) is 14.3. The quantitative estimate of drug-likeness (QED) is 0.257. The molecule has 0 unspecified atom stereocenters. The lowest BCUT2D eigenvalue weighted by molar-refractivity contribution is -0.105. The lowest BCUT2D eigenvalue weighted by atomic mass is 9.87. The fourth-order valence-corrected chi connectivity index (χ4v) is 5.27. The Balaban J connectivity index is 1.62. The van der Waals surface area contributed by atoms with Gasteiger partial charge >= 0.3 is 5.69 Å². The van der Waals surface area contributed by atoms with Crippen molar-refractivity contribution in [3.05, 3.63) is 39.9 Å². The molecule has 3 N–H and O–H groups in total. The molecule has 0 bridgehead atoms. The highest BCUT2D eigenvalue weighted by Gasteiger charge is 2.47. The van der Waals surface area contributed by atoms with E-state index in [1.54, 1.807) is 27.9 Å². The number of imidazole rings is 1. The van der Waals surface area contributed by atoms with Gasteiger partial charge in [0.15, 0.2) is 5.82 Å². The summed E-state index contributed by atoms with van der Waals surface area (Å²) in [6.07, 6.45) is 2.46. The van der Waals surface area contributed by atoms with E-state index >= 15 is 0 Å². The molecule has 2 aromatic heterocycles. The Labute approximate surface area is 242 Å². The standard InChI is InChI=1S/C28H39ClF3N7O2/c1-18-16-37(17-19(2)28(18,31)32)25-34-15-21(29)24(36-25)35-20-6-7-22-23(14-20)39(13-8-27(3,4)41)26(40)38(22)12-5-10-33-11-9-30/h6-7,14-15,18-19,33,41H,5,8-13,16-17H2,1-4H3,(H,34,35,36)/t18-,19+. The molecule has 3 aromatic rings. The largest absolute Gasteiger partial charge is 0.390 e. The lowest BCUT2D eigenvalue weighted by Crippen LogP contribution is -2.52. The molecule has 0 radical (unpaired) electrons. The van der Waals surface area contributed by atoms with E-state index in [-0.39, 0.29) is 30.3 Å². The summed E-state index contributed by atoms with van der Waals surface area (Å²) in [5, 5.41) is 16.8. The van der Waals surface area contributed by atoms with Gasteiger partial charge in [0.2, 0.25) is 5.95 Å². The Morgan fingerprint density at radius 3 is 2.46 bits per heavy atom. The van der Waals surface area contributed by atoms with E-state index in [1.165, 1.54) is 20.0 Å². The number of piperidine rings is 1. The Hall–Kier alpha value is -2.83. The van der Waals surface area contributed by atoms with Gasteiger partial charge in [-0.3, -0.25) is 9.13 Å². The molecule has 41 heavy (non-hydrogen) atoms. The van der Waals surface area contributed by atoms with E-state index in [0.29, 0.717) is 55.4 Å². The smallest absolute Gasteiger partial charge is 0.329 e. The van der Waals surface area contributed by atoms with Crippen LogP contribution < -0.4 is 21.2 Å². The number of nitrogens with one attached hydrogen (secondary N) is 2. The number of hydrogen-bond acceptors (Lipinski definition) is 7. The number of alkyl halides is 3. The third-order valence-electron chi connectivity index (χ3n) is 7.55. The highest BCUT2D eigenvalue weighted by Crippen LogP contribution is 2.39. The Morgan fingerprint density at radius 1 is 1.12 bits per heavy atom. The van der Waals surface area contributed by atoms with Gasteiger partial charge in [0.05, 0.1) is 22.8 Å². The molecule has 0 spiro atoms. The summed E-state index contributed by atoms with van der Waals surface area (Å²) in [7, 11) is 0. The van der Waals surface area contributed by atoms with E-state index in [0.717, 1.165) is 5.52 Å². The molecule has 9 nitrogen and oxygen atoms in total. The minimum absolute atomic E-state index is 0.120. The monoisotopic (exact) mass is 597 g/mol. The molecule has 1 aliphatic rings. The minimum atomic E-state index is -2.76. The zero-order valence-corrected chi connectivity index (χ0v) is 24.7. The third-order valence-corrected chi connectivity index (χ3v) is 7.83. The maximum absolute atomic E-state index is 14.4. The highest BCUT2D eigenvalue weighted by atomic mass is 35.5. The second-order valence-electron chi connectivity index (χ2n) is 11.5. The molecule has 1 aromatic carbocycles. The van der Waals surface area contributed by atoms with Crippen molar-refractivity contribution in [3.8, 4) is 0 Å². The van der Waals surface area contributed by atoms with Gasteiger partial charge < -0.3 is 20.6 Å². The first-order chi connectivity index (χ1) is 19.3. The van der Waals surface area contributed by atoms with Crippen LogP contribution in [-0.4, -0.2) is 68.6 Å². The normalized spacial score (nSPS) is 19.2. The molecule has 1 saturated heterocycles. The summed E-state index contributed by atoms with van der Waals surface area (Å²) in [4.78, 5) is 24.0. The van der Waals surface area contributed by atoms with Crippen molar-refractivity contribution in [2.45, 2.75) is 65.1 Å². The van der Waals surface area contributed by atoms with Crippen LogP contribution in [0.4, 0.5) is 30.6 Å². The van der Waals surface area contributed by atoms with E-state index in [9.17, 15) is 23.1 Å². The van der Waals surface area contributed by atoms with Crippen LogP contribution in [0.25, 0.3) is 11.0 Å². The van der Waals surface area contributed by atoms with Crippen LogP contribution >= 0.6 is 11.6 Å². The van der Waals surface area contributed by atoms with Crippen molar-refractivity contribution in [2.75, 3.05) is 43.1 Å². The summed E-state index contributed by atoms with van der Waals surface area (Å²) in [5.74, 6) is -3.84. The van der Waals surface area contributed by atoms with Crippen molar-refractivity contribution in [1.82, 2.24) is 24.4 Å². The van der Waals surface area contributed by atoms with Gasteiger partial charge in [-0.2, -0.15) is 4.98 Å². The van der Waals surface area contributed by atoms with Crippen LogP contribution in [-0.2, 0) is 13.1 Å². The molecule has 3 heterocycles. The summed E-state index contributed by atoms with van der Waals surface area (Å²) < 4.78 is 44.5. The van der Waals surface area contributed by atoms with Crippen molar-refractivity contribution in [1.29, 1.82) is 0 Å². The van der Waals surface area contributed by atoms with Crippen LogP contribution in [0.2, 0.25) is 5.02 Å². The topological polar surface area (TPSA) is 100 Å². The summed E-state index contributed by atoms with van der Waals surface area (Å²) in [6.45, 7) is 7.84. The summed E-state index contributed by atoms with van der Waals surface area (Å²) in [5.41, 5.74) is 0.869. The number of fused-ring (bicyclic) bond motifs is 1. The SMILES string of the molecule is C[C@@H]1CN(c2ncc(Cl)c(Nc3ccc4c(c3)n(CCC(C)(C)O)c(=O)n4CCCNCCF)n2)C[C@H](C)C1(F)F. The van der Waals surface area contributed by atoms with Gasteiger partial charge in [0.1, 0.15) is 11.7 Å². The molecular formula is C28H39ClF3N7O2. The van der Waals surface area contributed by atoms with Crippen LogP contribution in [0.1, 0.15) is 40.5 Å². The zero-order valence-electron chi connectivity index (χ0n) is 23.9. The highest BCUT2D eigenvalue weighted by molar-refractivity contribution is 6.32. The molecule has 0 saturated carbocycles. The van der Waals surface area contributed by atoms with E-state index in [4.69, 9.17) is 11.6 Å². The second-order valence-corrected chi connectivity index (χ2v) is 11.9. The molecule has 1 fully saturated rings. The van der Waals surface area contributed by atoms with Crippen LogP contribution in [0.3, 0.4) is 0 Å². The van der Waals surface area contributed by atoms with Gasteiger partial charge in [-0.05, 0) is 51.4 Å². The maximum Gasteiger partial charge on any atom is 0.329 e. The molecule has 0 aliphatic carbocycles. The number of aromatic nitrogens is 4. The van der Waals surface area contributed by atoms with Gasteiger partial charge in [0.25, 0.3) is 5.92 Å². The van der Waals surface area contributed by atoms with Gasteiger partial charge in [0, 0.05) is 50.2 Å². The lowest BCUT2D eigenvalue weighted by Gasteiger charge is -2.41.